The first-order chi connectivity index (χ1) is 25.6. The lowest BCUT2D eigenvalue weighted by atomic mass is 10.1. The van der Waals surface area contributed by atoms with Crippen molar-refractivity contribution >= 4 is 5.91 Å². The van der Waals surface area contributed by atoms with E-state index in [0.29, 0.717) is 37.7 Å². The van der Waals surface area contributed by atoms with Crippen molar-refractivity contribution in [3.8, 4) is 11.5 Å². The summed E-state index contributed by atoms with van der Waals surface area (Å²) in [6.07, 6.45) is 53.6. The van der Waals surface area contributed by atoms with Crippen molar-refractivity contribution in [1.29, 1.82) is 0 Å². The van der Waals surface area contributed by atoms with E-state index in [4.69, 9.17) is 20.9 Å². The number of nitrogens with two attached hydrogens (primary N) is 2. The average Bonchev–Trinajstić information content (AvgIpc) is 3.56. The molecule has 0 spiro atoms. The van der Waals surface area contributed by atoms with Crippen LogP contribution in [-0.2, 0) is 0 Å². The highest BCUT2D eigenvalue weighted by molar-refractivity contribution is 5.85. The number of hydrogen-bond donors (Lipinski definition) is 2. The molecule has 1 heterocycles. The van der Waals surface area contributed by atoms with Crippen LogP contribution in [0.4, 0.5) is 0 Å². The molecule has 0 aromatic carbocycles. The lowest BCUT2D eigenvalue weighted by molar-refractivity contribution is 0.0873. The van der Waals surface area contributed by atoms with E-state index in [0.717, 1.165) is 51.4 Å². The zero-order chi connectivity index (χ0) is 37.6. The summed E-state index contributed by atoms with van der Waals surface area (Å²) in [4.78, 5) is 13.1. The number of nitrogens with zero attached hydrogens (tertiary/aromatic N) is 1. The van der Waals surface area contributed by atoms with Crippen LogP contribution in [0.5, 0.6) is 11.5 Å². The zero-order valence-corrected chi connectivity index (χ0v) is 33.9. The lowest BCUT2D eigenvalue weighted by Crippen LogP contribution is -2.34. The minimum atomic E-state index is -0.556. The minimum absolute atomic E-state index is 0.126. The van der Waals surface area contributed by atoms with Crippen molar-refractivity contribution in [2.24, 2.45) is 11.5 Å². The molecular formula is C46H81N3O3. The Kier molecular flexibility index (Phi) is 33.6. The summed E-state index contributed by atoms with van der Waals surface area (Å²) in [7, 11) is 0. The standard InChI is InChI=1S/C46H81N3O3/c1-3-5-7-9-11-13-15-17-19-21-23-25-27-29-31-35-39-51-44-41-49(46(50)43(48)37-33-34-38-47)42-45(44)52-40-36-32-30-28-26-24-22-20-18-16-14-12-10-8-6-4-2/h11-14,17-20,41-43H,3-10,15-16,21-40,47-48H2,1-2H3/b13-11-,14-12-,19-17-,20-18-/t43-/m0/s1. The second-order valence-corrected chi connectivity index (χ2v) is 14.5. The second-order valence-electron chi connectivity index (χ2n) is 14.5. The first-order valence-electron chi connectivity index (χ1n) is 21.7. The van der Waals surface area contributed by atoms with Crippen molar-refractivity contribution in [3.63, 3.8) is 0 Å². The maximum atomic E-state index is 13.1. The summed E-state index contributed by atoms with van der Waals surface area (Å²) in [6.45, 7) is 6.36. The van der Waals surface area contributed by atoms with Crippen LogP contribution in [0.3, 0.4) is 0 Å². The molecule has 0 bridgehead atoms. The van der Waals surface area contributed by atoms with Gasteiger partial charge in [0.25, 0.3) is 0 Å². The Balaban J connectivity index is 2.31. The summed E-state index contributed by atoms with van der Waals surface area (Å²) >= 11 is 0. The Morgan fingerprint density at radius 2 is 0.942 bits per heavy atom. The van der Waals surface area contributed by atoms with E-state index < -0.39 is 6.04 Å². The van der Waals surface area contributed by atoms with Gasteiger partial charge in [-0.15, -0.1) is 0 Å². The molecule has 6 nitrogen and oxygen atoms in total. The monoisotopic (exact) mass is 724 g/mol. The van der Waals surface area contributed by atoms with Crippen LogP contribution < -0.4 is 20.9 Å². The van der Waals surface area contributed by atoms with E-state index in [9.17, 15) is 4.79 Å². The summed E-state index contributed by atoms with van der Waals surface area (Å²) in [5, 5.41) is 0. The molecule has 0 aliphatic carbocycles. The molecule has 0 radical (unpaired) electrons. The molecule has 298 valence electrons. The molecule has 52 heavy (non-hydrogen) atoms. The molecule has 0 amide bonds. The summed E-state index contributed by atoms with van der Waals surface area (Å²) in [6, 6.07) is -0.556. The van der Waals surface area contributed by atoms with Crippen LogP contribution in [0.2, 0.25) is 0 Å². The fraction of sp³-hybridized carbons (Fsp3) is 0.717. The zero-order valence-electron chi connectivity index (χ0n) is 33.9. The molecule has 0 unspecified atom stereocenters. The predicted octanol–water partition coefficient (Wildman–Crippen LogP) is 13.0. The largest absolute Gasteiger partial charge is 0.488 e. The normalized spacial score (nSPS) is 12.7. The van der Waals surface area contributed by atoms with Crippen molar-refractivity contribution < 1.29 is 14.3 Å². The number of rotatable bonds is 37. The van der Waals surface area contributed by atoms with Crippen LogP contribution in [0, 0.1) is 0 Å². The highest BCUT2D eigenvalue weighted by Crippen LogP contribution is 2.29. The summed E-state index contributed by atoms with van der Waals surface area (Å²) in [5.74, 6) is 1.16. The SMILES string of the molecule is CCCCC/C=C\C/C=C\CCCCCCCCOc1cn(C(=O)[C@@H](N)CCCCN)cc1OCCCCCCCC/C=C\C/C=C\CCCCC. The lowest BCUT2D eigenvalue weighted by Gasteiger charge is -2.10. The Labute approximate surface area is 320 Å². The van der Waals surface area contributed by atoms with Gasteiger partial charge in [0.05, 0.1) is 31.6 Å². The number of ether oxygens (including phenoxy) is 2. The Bertz CT molecular complexity index is 990. The van der Waals surface area contributed by atoms with Crippen LogP contribution >= 0.6 is 0 Å². The highest BCUT2D eigenvalue weighted by atomic mass is 16.5. The van der Waals surface area contributed by atoms with Crippen LogP contribution in [0.1, 0.15) is 192 Å². The van der Waals surface area contributed by atoms with E-state index in [1.54, 1.807) is 17.0 Å². The van der Waals surface area contributed by atoms with Gasteiger partial charge in [0.1, 0.15) is 0 Å². The van der Waals surface area contributed by atoms with E-state index in [1.165, 1.54) is 116 Å². The number of hydrogen-bond acceptors (Lipinski definition) is 5. The third-order valence-corrected chi connectivity index (χ3v) is 9.50. The molecule has 1 aromatic heterocycles. The Morgan fingerprint density at radius 1 is 0.558 bits per heavy atom. The molecular weight excluding hydrogens is 643 g/mol. The van der Waals surface area contributed by atoms with Gasteiger partial charge in [0, 0.05) is 0 Å². The molecule has 0 aliphatic heterocycles. The van der Waals surface area contributed by atoms with E-state index in [2.05, 4.69) is 62.5 Å². The smallest absolute Gasteiger partial charge is 0.247 e. The number of unbranched alkanes of at least 4 members (excludes halogenated alkanes) is 19. The van der Waals surface area contributed by atoms with Crippen molar-refractivity contribution in [2.75, 3.05) is 19.8 Å². The van der Waals surface area contributed by atoms with Gasteiger partial charge in [0.15, 0.2) is 11.5 Å². The molecule has 0 fully saturated rings. The summed E-state index contributed by atoms with van der Waals surface area (Å²) < 4.78 is 13.9. The molecule has 0 saturated carbocycles. The van der Waals surface area contributed by atoms with Gasteiger partial charge in [-0.3, -0.25) is 9.36 Å². The third-order valence-electron chi connectivity index (χ3n) is 9.50. The fourth-order valence-corrected chi connectivity index (χ4v) is 6.13. The van der Waals surface area contributed by atoms with Crippen molar-refractivity contribution in [1.82, 2.24) is 4.57 Å². The number of aromatic nitrogens is 1. The molecule has 1 rings (SSSR count). The highest BCUT2D eigenvalue weighted by Gasteiger charge is 2.19. The molecule has 1 aromatic rings. The molecule has 0 saturated heterocycles. The maximum Gasteiger partial charge on any atom is 0.247 e. The van der Waals surface area contributed by atoms with Gasteiger partial charge in [-0.2, -0.15) is 0 Å². The van der Waals surface area contributed by atoms with Gasteiger partial charge in [-0.25, -0.2) is 0 Å². The van der Waals surface area contributed by atoms with Crippen molar-refractivity contribution in [2.45, 2.75) is 193 Å². The topological polar surface area (TPSA) is 92.5 Å². The van der Waals surface area contributed by atoms with Gasteiger partial charge < -0.3 is 20.9 Å². The van der Waals surface area contributed by atoms with Gasteiger partial charge in [-0.05, 0) is 96.4 Å². The quantitative estimate of drug-likeness (QED) is 0.0526. The van der Waals surface area contributed by atoms with E-state index in [1.807, 2.05) is 0 Å². The van der Waals surface area contributed by atoms with Gasteiger partial charge >= 0.3 is 0 Å². The average molecular weight is 724 g/mol. The third kappa shape index (κ3) is 28.0. The first-order valence-corrected chi connectivity index (χ1v) is 21.7. The molecule has 4 N–H and O–H groups in total. The van der Waals surface area contributed by atoms with Crippen LogP contribution in [0.25, 0.3) is 0 Å². The van der Waals surface area contributed by atoms with E-state index in [-0.39, 0.29) is 5.91 Å². The number of carbonyl (C=O) groups is 1. The minimum Gasteiger partial charge on any atom is -0.488 e. The van der Waals surface area contributed by atoms with Crippen LogP contribution in [-0.4, -0.2) is 36.3 Å². The van der Waals surface area contributed by atoms with Crippen LogP contribution in [0.15, 0.2) is 61.0 Å². The van der Waals surface area contributed by atoms with E-state index >= 15 is 0 Å². The summed E-state index contributed by atoms with van der Waals surface area (Å²) in [5.41, 5.74) is 11.9. The Hall–Kier alpha value is -2.57. The first kappa shape index (κ1) is 47.5. The number of allylic oxidation sites excluding steroid dienone is 8. The van der Waals surface area contributed by atoms with Gasteiger partial charge in [-0.1, -0.05) is 146 Å². The maximum absolute atomic E-state index is 13.1. The molecule has 0 aliphatic rings. The predicted molar refractivity (Wildman–Crippen MR) is 226 cm³/mol. The van der Waals surface area contributed by atoms with Crippen molar-refractivity contribution in [3.05, 3.63) is 61.0 Å². The van der Waals surface area contributed by atoms with Gasteiger partial charge in [0.2, 0.25) is 5.91 Å². The molecule has 1 atom stereocenters. The molecule has 6 heteroatoms. The second kappa shape index (κ2) is 36.8. The number of carbonyl (C=O) groups excluding carboxylic acids is 1. The Morgan fingerprint density at radius 3 is 1.35 bits per heavy atom. The fourth-order valence-electron chi connectivity index (χ4n) is 6.13.